The smallest absolute Gasteiger partial charge is 0.308 e. The van der Waals surface area contributed by atoms with Crippen LogP contribution in [0.3, 0.4) is 0 Å². The normalized spacial score (nSPS) is 26.6. The van der Waals surface area contributed by atoms with Gasteiger partial charge < -0.3 is 10.2 Å². The lowest BCUT2D eigenvalue weighted by Gasteiger charge is -2.24. The van der Waals surface area contributed by atoms with Gasteiger partial charge in [-0.3, -0.25) is 14.4 Å². The molecule has 158 valence electrons. The van der Waals surface area contributed by atoms with Crippen molar-refractivity contribution in [3.05, 3.63) is 23.8 Å². The molecular formula is C22H33BrO5. The van der Waals surface area contributed by atoms with Crippen LogP contribution in [0.5, 0.6) is 0 Å². The summed E-state index contributed by atoms with van der Waals surface area (Å²) < 4.78 is 0. The largest absolute Gasteiger partial charge is 0.481 e. The number of hydrogen-bond acceptors (Lipinski definition) is 3. The number of carboxylic acids is 2. The molecule has 0 spiro atoms. The number of hydrogen-bond donors (Lipinski definition) is 2. The number of carboxylic acid groups (broad SMARTS) is 2. The van der Waals surface area contributed by atoms with Gasteiger partial charge in [-0.25, -0.2) is 0 Å². The molecule has 0 amide bonds. The van der Waals surface area contributed by atoms with Crippen LogP contribution in [0, 0.1) is 17.8 Å². The average Bonchev–Trinajstić information content (AvgIpc) is 3.27. The molecule has 4 atom stereocenters. The molecule has 2 rings (SSSR count). The highest BCUT2D eigenvalue weighted by Crippen LogP contribution is 2.49. The summed E-state index contributed by atoms with van der Waals surface area (Å²) in [5, 5.41) is 18.2. The first-order chi connectivity index (χ1) is 13.4. The van der Waals surface area contributed by atoms with Crippen LogP contribution in [-0.2, 0) is 14.4 Å². The Bertz CT molecular complexity index is 569. The van der Waals surface area contributed by atoms with E-state index in [4.69, 9.17) is 5.11 Å². The number of unbranched alkanes of at least 4 members (excludes halogenated alkanes) is 2. The highest BCUT2D eigenvalue weighted by molar-refractivity contribution is 9.09. The van der Waals surface area contributed by atoms with Crippen molar-refractivity contribution in [1.29, 1.82) is 0 Å². The molecule has 0 saturated heterocycles. The monoisotopic (exact) mass is 456 g/mol. The molecule has 0 aliphatic heterocycles. The summed E-state index contributed by atoms with van der Waals surface area (Å²) in [7, 11) is 0. The first-order valence-electron chi connectivity index (χ1n) is 10.3. The second-order valence-electron chi connectivity index (χ2n) is 7.54. The lowest BCUT2D eigenvalue weighted by atomic mass is 9.80. The maximum Gasteiger partial charge on any atom is 0.308 e. The molecule has 1 fully saturated rings. The zero-order valence-corrected chi connectivity index (χ0v) is 18.3. The number of aldehydes is 1. The summed E-state index contributed by atoms with van der Waals surface area (Å²) in [6.45, 7) is 1.99. The topological polar surface area (TPSA) is 91.7 Å². The van der Waals surface area contributed by atoms with Gasteiger partial charge >= 0.3 is 11.9 Å². The molecule has 0 bridgehead atoms. The fourth-order valence-electron chi connectivity index (χ4n) is 4.29. The minimum atomic E-state index is -0.735. The summed E-state index contributed by atoms with van der Waals surface area (Å²) in [5.41, 5.74) is 1.35. The second-order valence-corrected chi connectivity index (χ2v) is 8.71. The van der Waals surface area contributed by atoms with Crippen LogP contribution in [0.1, 0.15) is 71.1 Å². The molecule has 5 nitrogen and oxygen atoms in total. The SMILES string of the molecule is CCC=CC=O.O=C(O)CCCCCC1CC(Br)C(C(=O)O)C1C1=CCCC1. The third-order valence-electron chi connectivity index (χ3n) is 5.52. The van der Waals surface area contributed by atoms with Crippen LogP contribution >= 0.6 is 15.9 Å². The van der Waals surface area contributed by atoms with E-state index in [1.165, 1.54) is 11.6 Å². The van der Waals surface area contributed by atoms with Gasteiger partial charge in [0.2, 0.25) is 0 Å². The number of carbonyl (C=O) groups excluding carboxylic acids is 1. The molecule has 0 heterocycles. The fraction of sp³-hybridized carbons (Fsp3) is 0.682. The molecule has 0 aromatic heterocycles. The third-order valence-corrected chi connectivity index (χ3v) is 6.46. The number of allylic oxidation sites excluding steroid dienone is 4. The van der Waals surface area contributed by atoms with Crippen molar-refractivity contribution in [2.24, 2.45) is 17.8 Å². The van der Waals surface area contributed by atoms with E-state index >= 15 is 0 Å². The van der Waals surface area contributed by atoms with Crippen molar-refractivity contribution in [2.75, 3.05) is 0 Å². The average molecular weight is 457 g/mol. The first kappa shape index (κ1) is 24.6. The van der Waals surface area contributed by atoms with E-state index in [1.807, 2.05) is 13.0 Å². The standard InChI is InChI=1S/C17H25BrO4.C5H8O/c18-13-10-12(8-2-1-3-9-14(19)20)15(16(13)17(21)22)11-6-4-5-7-11;1-2-3-4-5-6/h6,12-13,15-16H,1-5,7-10H2,(H,19,20)(H,21,22);3-5H,2H2,1H3. The van der Waals surface area contributed by atoms with E-state index in [-0.39, 0.29) is 23.1 Å². The Morgan fingerprint density at radius 2 is 2.00 bits per heavy atom. The number of aliphatic carboxylic acids is 2. The quantitative estimate of drug-likeness (QED) is 0.151. The molecule has 2 aliphatic carbocycles. The van der Waals surface area contributed by atoms with Crippen molar-refractivity contribution < 1.29 is 24.6 Å². The summed E-state index contributed by atoms with van der Waals surface area (Å²) in [6.07, 6.45) is 15.3. The summed E-state index contributed by atoms with van der Waals surface area (Å²) >= 11 is 3.59. The lowest BCUT2D eigenvalue weighted by molar-refractivity contribution is -0.142. The van der Waals surface area contributed by atoms with Gasteiger partial charge in [-0.05, 0) is 62.9 Å². The number of alkyl halides is 1. The van der Waals surface area contributed by atoms with Crippen molar-refractivity contribution in [2.45, 2.75) is 76.0 Å². The Balaban J connectivity index is 0.000000568. The Morgan fingerprint density at radius 3 is 2.50 bits per heavy atom. The van der Waals surface area contributed by atoms with Gasteiger partial charge in [-0.15, -0.1) is 0 Å². The predicted octanol–water partition coefficient (Wildman–Crippen LogP) is 5.38. The van der Waals surface area contributed by atoms with Crippen molar-refractivity contribution in [3.8, 4) is 0 Å². The molecule has 0 aromatic rings. The van der Waals surface area contributed by atoms with Crippen molar-refractivity contribution in [3.63, 3.8) is 0 Å². The van der Waals surface area contributed by atoms with Crippen LogP contribution in [-0.4, -0.2) is 33.3 Å². The van der Waals surface area contributed by atoms with E-state index in [1.54, 1.807) is 0 Å². The molecule has 0 radical (unpaired) electrons. The molecule has 0 aromatic carbocycles. The van der Waals surface area contributed by atoms with Crippen molar-refractivity contribution in [1.82, 2.24) is 0 Å². The minimum absolute atomic E-state index is 0.0560. The van der Waals surface area contributed by atoms with E-state index in [0.717, 1.165) is 64.1 Å². The van der Waals surface area contributed by atoms with Gasteiger partial charge in [0.25, 0.3) is 0 Å². The van der Waals surface area contributed by atoms with E-state index in [9.17, 15) is 19.5 Å². The first-order valence-corrected chi connectivity index (χ1v) is 11.2. The highest BCUT2D eigenvalue weighted by Gasteiger charge is 2.47. The van der Waals surface area contributed by atoms with Gasteiger partial charge in [0.1, 0.15) is 6.29 Å². The maximum atomic E-state index is 11.7. The van der Waals surface area contributed by atoms with E-state index < -0.39 is 11.9 Å². The molecule has 2 aliphatic rings. The van der Waals surface area contributed by atoms with Gasteiger partial charge in [-0.1, -0.05) is 53.4 Å². The van der Waals surface area contributed by atoms with Gasteiger partial charge in [0.15, 0.2) is 0 Å². The molecular weight excluding hydrogens is 424 g/mol. The molecule has 1 saturated carbocycles. The van der Waals surface area contributed by atoms with Gasteiger partial charge in [-0.2, -0.15) is 0 Å². The maximum absolute atomic E-state index is 11.7. The number of halogens is 1. The number of carbonyl (C=O) groups is 3. The van der Waals surface area contributed by atoms with Crippen LogP contribution < -0.4 is 0 Å². The summed E-state index contributed by atoms with van der Waals surface area (Å²) in [5.74, 6) is -1.15. The molecule has 2 N–H and O–H groups in total. The second kappa shape index (κ2) is 13.7. The molecule has 4 unspecified atom stereocenters. The fourth-order valence-corrected chi connectivity index (χ4v) is 5.32. The number of rotatable bonds is 10. The zero-order chi connectivity index (χ0) is 20.9. The zero-order valence-electron chi connectivity index (χ0n) is 16.7. The van der Waals surface area contributed by atoms with Crippen LogP contribution in [0.2, 0.25) is 0 Å². The minimum Gasteiger partial charge on any atom is -0.481 e. The Kier molecular flexibility index (Phi) is 12.0. The van der Waals surface area contributed by atoms with Crippen molar-refractivity contribution >= 4 is 34.2 Å². The van der Waals surface area contributed by atoms with Gasteiger partial charge in [0, 0.05) is 11.2 Å². The Hall–Kier alpha value is -1.43. The van der Waals surface area contributed by atoms with Crippen LogP contribution in [0.15, 0.2) is 23.8 Å². The third kappa shape index (κ3) is 8.29. The van der Waals surface area contributed by atoms with E-state index in [0.29, 0.717) is 5.92 Å². The van der Waals surface area contributed by atoms with E-state index in [2.05, 4.69) is 22.0 Å². The summed E-state index contributed by atoms with van der Waals surface area (Å²) in [4.78, 5) is 31.7. The molecule has 6 heteroatoms. The highest BCUT2D eigenvalue weighted by atomic mass is 79.9. The molecule has 28 heavy (non-hydrogen) atoms. The summed E-state index contributed by atoms with van der Waals surface area (Å²) in [6, 6.07) is 0. The lowest BCUT2D eigenvalue weighted by Crippen LogP contribution is -2.27. The Morgan fingerprint density at radius 1 is 1.25 bits per heavy atom. The predicted molar refractivity (Wildman–Crippen MR) is 114 cm³/mol. The van der Waals surface area contributed by atoms with Gasteiger partial charge in [0.05, 0.1) is 5.92 Å². The van der Waals surface area contributed by atoms with Crippen LogP contribution in [0.4, 0.5) is 0 Å². The van der Waals surface area contributed by atoms with Crippen LogP contribution in [0.25, 0.3) is 0 Å². The Labute approximate surface area is 176 Å².